The van der Waals surface area contributed by atoms with Gasteiger partial charge in [0.1, 0.15) is 0 Å². The fourth-order valence-corrected chi connectivity index (χ4v) is 2.79. The maximum Gasteiger partial charge on any atom is 0.0526 e. The third-order valence-electron chi connectivity index (χ3n) is 3.86. The van der Waals surface area contributed by atoms with Gasteiger partial charge in [-0.2, -0.15) is 0 Å². The minimum Gasteiger partial charge on any atom is -0.393 e. The molecule has 15 heavy (non-hydrogen) atoms. The van der Waals surface area contributed by atoms with E-state index < -0.39 is 0 Å². The Morgan fingerprint density at radius 1 is 1.33 bits per heavy atom. The monoisotopic (exact) mass is 213 g/mol. The van der Waals surface area contributed by atoms with E-state index in [0.717, 1.165) is 18.4 Å². The summed E-state index contributed by atoms with van der Waals surface area (Å²) in [7, 11) is 2.22. The fourth-order valence-electron chi connectivity index (χ4n) is 2.79. The van der Waals surface area contributed by atoms with Gasteiger partial charge in [-0.15, -0.1) is 0 Å². The van der Waals surface area contributed by atoms with E-state index in [1.807, 2.05) is 6.92 Å². The Labute approximate surface area is 94.7 Å². The highest BCUT2D eigenvalue weighted by molar-refractivity contribution is 4.80. The number of aliphatic hydroxyl groups is 1. The third-order valence-corrected chi connectivity index (χ3v) is 3.86. The molecule has 0 aromatic rings. The van der Waals surface area contributed by atoms with Gasteiger partial charge in [0.2, 0.25) is 0 Å². The SMILES string of the molecule is CC(O)CC(C)N(C)C1CCCC(C)C1. The van der Waals surface area contributed by atoms with Gasteiger partial charge in [0.05, 0.1) is 6.10 Å². The molecule has 1 rings (SSSR count). The number of rotatable bonds is 4. The molecule has 0 amide bonds. The molecule has 0 saturated heterocycles. The minimum atomic E-state index is -0.177. The fraction of sp³-hybridized carbons (Fsp3) is 1.00. The highest BCUT2D eigenvalue weighted by Gasteiger charge is 2.25. The van der Waals surface area contributed by atoms with Gasteiger partial charge in [-0.05, 0) is 46.1 Å². The first-order valence-electron chi connectivity index (χ1n) is 6.40. The zero-order chi connectivity index (χ0) is 11.4. The summed E-state index contributed by atoms with van der Waals surface area (Å²) in [4.78, 5) is 2.47. The lowest BCUT2D eigenvalue weighted by Gasteiger charge is -2.38. The van der Waals surface area contributed by atoms with Crippen molar-refractivity contribution in [3.63, 3.8) is 0 Å². The Bertz CT molecular complexity index is 181. The van der Waals surface area contributed by atoms with Gasteiger partial charge in [-0.3, -0.25) is 0 Å². The minimum absolute atomic E-state index is 0.177. The molecule has 0 spiro atoms. The van der Waals surface area contributed by atoms with Crippen LogP contribution in [0.5, 0.6) is 0 Å². The summed E-state index contributed by atoms with van der Waals surface area (Å²) in [5, 5.41) is 9.40. The van der Waals surface area contributed by atoms with Crippen molar-refractivity contribution >= 4 is 0 Å². The second-order valence-electron chi connectivity index (χ2n) is 5.52. The van der Waals surface area contributed by atoms with Crippen molar-refractivity contribution in [2.24, 2.45) is 5.92 Å². The molecule has 0 heterocycles. The van der Waals surface area contributed by atoms with Crippen LogP contribution in [0, 0.1) is 5.92 Å². The maximum absolute atomic E-state index is 9.40. The van der Waals surface area contributed by atoms with Crippen LogP contribution in [0.4, 0.5) is 0 Å². The van der Waals surface area contributed by atoms with E-state index in [0.29, 0.717) is 6.04 Å². The molecule has 0 aromatic carbocycles. The van der Waals surface area contributed by atoms with E-state index in [2.05, 4.69) is 25.8 Å². The second-order valence-corrected chi connectivity index (χ2v) is 5.52. The van der Waals surface area contributed by atoms with E-state index in [1.54, 1.807) is 0 Å². The number of aliphatic hydroxyl groups excluding tert-OH is 1. The van der Waals surface area contributed by atoms with Gasteiger partial charge in [0.15, 0.2) is 0 Å². The number of nitrogens with zero attached hydrogens (tertiary/aromatic N) is 1. The zero-order valence-corrected chi connectivity index (χ0v) is 10.7. The molecule has 0 radical (unpaired) electrons. The lowest BCUT2D eigenvalue weighted by molar-refractivity contribution is 0.0853. The van der Waals surface area contributed by atoms with Crippen molar-refractivity contribution in [1.82, 2.24) is 4.90 Å². The Hall–Kier alpha value is -0.0800. The van der Waals surface area contributed by atoms with Crippen LogP contribution in [0.15, 0.2) is 0 Å². The van der Waals surface area contributed by atoms with Crippen LogP contribution in [0.3, 0.4) is 0 Å². The molecule has 4 unspecified atom stereocenters. The quantitative estimate of drug-likeness (QED) is 0.776. The predicted octanol–water partition coefficient (Wildman–Crippen LogP) is 2.66. The molecule has 1 fully saturated rings. The summed E-state index contributed by atoms with van der Waals surface area (Å²) in [5.41, 5.74) is 0. The van der Waals surface area contributed by atoms with E-state index in [4.69, 9.17) is 0 Å². The molecule has 4 atom stereocenters. The number of hydrogen-bond donors (Lipinski definition) is 1. The smallest absolute Gasteiger partial charge is 0.0526 e. The molecule has 0 aliphatic heterocycles. The maximum atomic E-state index is 9.40. The lowest BCUT2D eigenvalue weighted by Crippen LogP contribution is -2.42. The van der Waals surface area contributed by atoms with Crippen molar-refractivity contribution in [3.05, 3.63) is 0 Å². The van der Waals surface area contributed by atoms with E-state index in [-0.39, 0.29) is 6.10 Å². The first kappa shape index (κ1) is 13.0. The highest BCUT2D eigenvalue weighted by atomic mass is 16.3. The van der Waals surface area contributed by atoms with Gasteiger partial charge in [-0.25, -0.2) is 0 Å². The van der Waals surface area contributed by atoms with Crippen LogP contribution in [-0.4, -0.2) is 35.2 Å². The largest absolute Gasteiger partial charge is 0.393 e. The Kier molecular flexibility index (Phi) is 5.07. The Morgan fingerprint density at radius 3 is 2.53 bits per heavy atom. The van der Waals surface area contributed by atoms with Crippen LogP contribution in [0.1, 0.15) is 52.9 Å². The zero-order valence-electron chi connectivity index (χ0n) is 10.7. The van der Waals surface area contributed by atoms with Crippen molar-refractivity contribution < 1.29 is 5.11 Å². The molecule has 2 heteroatoms. The summed E-state index contributed by atoms with van der Waals surface area (Å²) in [6.45, 7) is 6.47. The van der Waals surface area contributed by atoms with Crippen LogP contribution >= 0.6 is 0 Å². The van der Waals surface area contributed by atoms with E-state index >= 15 is 0 Å². The van der Waals surface area contributed by atoms with Crippen molar-refractivity contribution in [3.8, 4) is 0 Å². The van der Waals surface area contributed by atoms with E-state index in [1.165, 1.54) is 25.7 Å². The van der Waals surface area contributed by atoms with Crippen molar-refractivity contribution in [2.45, 2.75) is 71.1 Å². The number of hydrogen-bond acceptors (Lipinski definition) is 2. The molecular formula is C13H27NO. The average molecular weight is 213 g/mol. The average Bonchev–Trinajstić information content (AvgIpc) is 2.15. The van der Waals surface area contributed by atoms with Crippen LogP contribution < -0.4 is 0 Å². The topological polar surface area (TPSA) is 23.5 Å². The van der Waals surface area contributed by atoms with Gasteiger partial charge in [0.25, 0.3) is 0 Å². The second kappa shape index (κ2) is 5.86. The molecular weight excluding hydrogens is 186 g/mol. The summed E-state index contributed by atoms with van der Waals surface area (Å²) in [6.07, 6.45) is 6.16. The molecule has 1 aliphatic rings. The predicted molar refractivity (Wildman–Crippen MR) is 64.9 cm³/mol. The van der Waals surface area contributed by atoms with Gasteiger partial charge >= 0.3 is 0 Å². The molecule has 2 nitrogen and oxygen atoms in total. The van der Waals surface area contributed by atoms with Crippen molar-refractivity contribution in [1.29, 1.82) is 0 Å². The molecule has 90 valence electrons. The Morgan fingerprint density at radius 2 is 2.00 bits per heavy atom. The normalized spacial score (nSPS) is 31.6. The van der Waals surface area contributed by atoms with E-state index in [9.17, 15) is 5.11 Å². The summed E-state index contributed by atoms with van der Waals surface area (Å²) < 4.78 is 0. The summed E-state index contributed by atoms with van der Waals surface area (Å²) >= 11 is 0. The first-order valence-corrected chi connectivity index (χ1v) is 6.40. The standard InChI is InChI=1S/C13H27NO/c1-10-6-5-7-13(8-10)14(4)11(2)9-12(3)15/h10-13,15H,5-9H2,1-4H3. The van der Waals surface area contributed by atoms with Crippen LogP contribution in [0.25, 0.3) is 0 Å². The van der Waals surface area contributed by atoms with Crippen LogP contribution in [-0.2, 0) is 0 Å². The summed E-state index contributed by atoms with van der Waals surface area (Å²) in [6, 6.07) is 1.24. The molecule has 1 N–H and O–H groups in total. The lowest BCUT2D eigenvalue weighted by atomic mass is 9.85. The molecule has 0 bridgehead atoms. The molecule has 1 aliphatic carbocycles. The van der Waals surface area contributed by atoms with Gasteiger partial charge in [0, 0.05) is 12.1 Å². The molecule has 1 saturated carbocycles. The Balaban J connectivity index is 2.40. The van der Waals surface area contributed by atoms with Gasteiger partial charge in [-0.1, -0.05) is 19.8 Å². The molecule has 0 aromatic heterocycles. The van der Waals surface area contributed by atoms with Gasteiger partial charge < -0.3 is 10.0 Å². The van der Waals surface area contributed by atoms with Crippen molar-refractivity contribution in [2.75, 3.05) is 7.05 Å². The third kappa shape index (κ3) is 4.12. The van der Waals surface area contributed by atoms with Crippen LogP contribution in [0.2, 0.25) is 0 Å². The highest BCUT2D eigenvalue weighted by Crippen LogP contribution is 2.28. The first-order chi connectivity index (χ1) is 7.00. The summed E-state index contributed by atoms with van der Waals surface area (Å²) in [5.74, 6) is 0.880.